The fourth-order valence-electron chi connectivity index (χ4n) is 1.88. The highest BCUT2D eigenvalue weighted by molar-refractivity contribution is 6.30. The molecule has 0 unspecified atom stereocenters. The van der Waals surface area contributed by atoms with Crippen molar-refractivity contribution in [2.75, 3.05) is 24.5 Å². The van der Waals surface area contributed by atoms with Crippen LogP contribution >= 0.6 is 11.6 Å². The van der Waals surface area contributed by atoms with E-state index in [-0.39, 0.29) is 17.9 Å². The van der Waals surface area contributed by atoms with E-state index in [1.165, 1.54) is 0 Å². The smallest absolute Gasteiger partial charge is 0.239 e. The zero-order valence-electron chi connectivity index (χ0n) is 13.7. The summed E-state index contributed by atoms with van der Waals surface area (Å²) in [6.07, 6.45) is 0. The van der Waals surface area contributed by atoms with Gasteiger partial charge in [0.05, 0.1) is 6.54 Å². The number of hydrogen-bond donors (Lipinski definition) is 1. The van der Waals surface area contributed by atoms with Gasteiger partial charge in [0.15, 0.2) is 0 Å². The van der Waals surface area contributed by atoms with E-state index < -0.39 is 0 Å². The van der Waals surface area contributed by atoms with E-state index in [1.54, 1.807) is 0 Å². The number of hydrogen-bond acceptors (Lipinski definition) is 4. The van der Waals surface area contributed by atoms with Crippen LogP contribution in [-0.2, 0) is 10.2 Å². The zero-order valence-corrected chi connectivity index (χ0v) is 14.5. The molecule has 0 aliphatic heterocycles. The third-order valence-electron chi connectivity index (χ3n) is 3.12. The predicted molar refractivity (Wildman–Crippen MR) is 87.0 cm³/mol. The highest BCUT2D eigenvalue weighted by Crippen LogP contribution is 2.28. The molecular formula is C15H25ClN4O. The molecule has 0 atom stereocenters. The van der Waals surface area contributed by atoms with Crippen LogP contribution in [0.5, 0.6) is 0 Å². The van der Waals surface area contributed by atoms with E-state index in [0.29, 0.717) is 24.1 Å². The van der Waals surface area contributed by atoms with E-state index in [0.717, 1.165) is 11.4 Å². The van der Waals surface area contributed by atoms with Crippen molar-refractivity contribution in [2.24, 2.45) is 0 Å². The summed E-state index contributed by atoms with van der Waals surface area (Å²) in [7, 11) is 0. The van der Waals surface area contributed by atoms with Gasteiger partial charge in [0.1, 0.15) is 16.8 Å². The van der Waals surface area contributed by atoms with Crippen LogP contribution < -0.4 is 10.2 Å². The average Bonchev–Trinajstić information content (AvgIpc) is 2.38. The molecule has 0 aliphatic rings. The standard InChI is InChI=1S/C15H25ClN4O/c1-7-17-11(21)9-20(8-2)13-10(3)12(16)18-14(19-13)15(4,5)6/h7-9H2,1-6H3,(H,17,21). The van der Waals surface area contributed by atoms with Gasteiger partial charge in [0.25, 0.3) is 0 Å². The first-order valence-electron chi connectivity index (χ1n) is 7.26. The third-order valence-corrected chi connectivity index (χ3v) is 3.49. The van der Waals surface area contributed by atoms with Crippen LogP contribution in [0.1, 0.15) is 46.0 Å². The quantitative estimate of drug-likeness (QED) is 0.849. The molecular weight excluding hydrogens is 288 g/mol. The average molecular weight is 313 g/mol. The van der Waals surface area contributed by atoms with Crippen LogP contribution in [0.3, 0.4) is 0 Å². The van der Waals surface area contributed by atoms with Gasteiger partial charge in [-0.3, -0.25) is 4.79 Å². The van der Waals surface area contributed by atoms with Gasteiger partial charge in [0, 0.05) is 24.1 Å². The maximum absolute atomic E-state index is 11.8. The highest BCUT2D eigenvalue weighted by atomic mass is 35.5. The minimum absolute atomic E-state index is 0.0224. The monoisotopic (exact) mass is 312 g/mol. The molecule has 1 aromatic rings. The van der Waals surface area contributed by atoms with Gasteiger partial charge in [-0.1, -0.05) is 32.4 Å². The van der Waals surface area contributed by atoms with Crippen LogP contribution in [0.25, 0.3) is 0 Å². The summed E-state index contributed by atoms with van der Waals surface area (Å²) in [6, 6.07) is 0. The van der Waals surface area contributed by atoms with Crippen LogP contribution in [0, 0.1) is 6.92 Å². The number of nitrogens with one attached hydrogen (secondary N) is 1. The summed E-state index contributed by atoms with van der Waals surface area (Å²) in [5, 5.41) is 3.25. The molecule has 1 amide bonds. The number of amides is 1. The van der Waals surface area contributed by atoms with Crippen molar-refractivity contribution < 1.29 is 4.79 Å². The van der Waals surface area contributed by atoms with Crippen LogP contribution in [0.4, 0.5) is 5.82 Å². The van der Waals surface area contributed by atoms with Gasteiger partial charge in [-0.15, -0.1) is 0 Å². The highest BCUT2D eigenvalue weighted by Gasteiger charge is 2.23. The van der Waals surface area contributed by atoms with Gasteiger partial charge >= 0.3 is 0 Å². The number of rotatable bonds is 5. The number of nitrogens with zero attached hydrogens (tertiary/aromatic N) is 3. The summed E-state index contributed by atoms with van der Waals surface area (Å²) >= 11 is 6.25. The number of anilines is 1. The molecule has 0 fully saturated rings. The molecule has 0 saturated heterocycles. The van der Waals surface area contributed by atoms with Crippen molar-refractivity contribution in [3.05, 3.63) is 16.5 Å². The summed E-state index contributed by atoms with van der Waals surface area (Å²) < 4.78 is 0. The van der Waals surface area contributed by atoms with Crippen molar-refractivity contribution in [3.63, 3.8) is 0 Å². The lowest BCUT2D eigenvalue weighted by atomic mass is 9.95. The molecule has 0 aliphatic carbocycles. The predicted octanol–water partition coefficient (Wildman–Crippen LogP) is 2.70. The molecule has 6 heteroatoms. The normalized spacial score (nSPS) is 11.4. The second-order valence-electron chi connectivity index (χ2n) is 6.00. The molecule has 0 saturated carbocycles. The maximum Gasteiger partial charge on any atom is 0.239 e. The van der Waals surface area contributed by atoms with Crippen LogP contribution in [0.15, 0.2) is 0 Å². The lowest BCUT2D eigenvalue weighted by Crippen LogP contribution is -2.38. The largest absolute Gasteiger partial charge is 0.355 e. The van der Waals surface area contributed by atoms with Gasteiger partial charge in [0.2, 0.25) is 5.91 Å². The molecule has 0 aromatic carbocycles. The minimum atomic E-state index is -0.197. The number of carbonyl (C=O) groups excluding carboxylic acids is 1. The molecule has 0 bridgehead atoms. The third kappa shape index (κ3) is 4.56. The Balaban J connectivity index is 3.19. The van der Waals surface area contributed by atoms with Crippen LogP contribution in [0.2, 0.25) is 5.15 Å². The molecule has 1 N–H and O–H groups in total. The number of halogens is 1. The molecule has 5 nitrogen and oxygen atoms in total. The van der Waals surface area contributed by atoms with Crippen molar-refractivity contribution in [1.82, 2.24) is 15.3 Å². The minimum Gasteiger partial charge on any atom is -0.355 e. The molecule has 0 spiro atoms. The molecule has 1 rings (SSSR count). The molecule has 21 heavy (non-hydrogen) atoms. The fraction of sp³-hybridized carbons (Fsp3) is 0.667. The van der Waals surface area contributed by atoms with Gasteiger partial charge in [-0.05, 0) is 20.8 Å². The van der Waals surface area contributed by atoms with Crippen molar-refractivity contribution in [1.29, 1.82) is 0 Å². The topological polar surface area (TPSA) is 58.1 Å². The lowest BCUT2D eigenvalue weighted by Gasteiger charge is -2.26. The van der Waals surface area contributed by atoms with E-state index in [4.69, 9.17) is 11.6 Å². The summed E-state index contributed by atoms with van der Waals surface area (Å²) in [5.74, 6) is 1.39. The Morgan fingerprint density at radius 2 is 1.90 bits per heavy atom. The maximum atomic E-state index is 11.8. The Bertz CT molecular complexity index is 511. The van der Waals surface area contributed by atoms with Crippen molar-refractivity contribution in [3.8, 4) is 0 Å². The Labute approximate surface area is 132 Å². The zero-order chi connectivity index (χ0) is 16.2. The second kappa shape index (κ2) is 7.07. The number of carbonyl (C=O) groups is 1. The van der Waals surface area contributed by atoms with Crippen LogP contribution in [-0.4, -0.2) is 35.5 Å². The molecule has 118 valence electrons. The Morgan fingerprint density at radius 3 is 2.38 bits per heavy atom. The SMILES string of the molecule is CCNC(=O)CN(CC)c1nc(C(C)(C)C)nc(Cl)c1C. The van der Waals surface area contributed by atoms with E-state index in [2.05, 4.69) is 15.3 Å². The summed E-state index contributed by atoms with van der Waals surface area (Å²) in [6.45, 7) is 13.5. The van der Waals surface area contributed by atoms with Gasteiger partial charge in [-0.25, -0.2) is 9.97 Å². The van der Waals surface area contributed by atoms with Crippen molar-refractivity contribution >= 4 is 23.3 Å². The van der Waals surface area contributed by atoms with Gasteiger partial charge in [-0.2, -0.15) is 0 Å². The first-order chi connectivity index (χ1) is 9.70. The van der Waals surface area contributed by atoms with E-state index in [9.17, 15) is 4.79 Å². The Hall–Kier alpha value is -1.36. The fourth-order valence-corrected chi connectivity index (χ4v) is 2.05. The second-order valence-corrected chi connectivity index (χ2v) is 6.36. The molecule has 1 aromatic heterocycles. The van der Waals surface area contributed by atoms with Gasteiger partial charge < -0.3 is 10.2 Å². The first-order valence-corrected chi connectivity index (χ1v) is 7.64. The number of likely N-dealkylation sites (N-methyl/N-ethyl adjacent to an activating group) is 2. The summed E-state index contributed by atoms with van der Waals surface area (Å²) in [4.78, 5) is 22.8. The van der Waals surface area contributed by atoms with E-state index in [1.807, 2.05) is 46.4 Å². The molecule has 1 heterocycles. The first kappa shape index (κ1) is 17.7. The molecule has 0 radical (unpaired) electrons. The van der Waals surface area contributed by atoms with Crippen molar-refractivity contribution in [2.45, 2.75) is 47.0 Å². The Kier molecular flexibility index (Phi) is 5.96. The number of aromatic nitrogens is 2. The van der Waals surface area contributed by atoms with E-state index >= 15 is 0 Å². The lowest BCUT2D eigenvalue weighted by molar-refractivity contribution is -0.119. The Morgan fingerprint density at radius 1 is 1.29 bits per heavy atom. The summed E-state index contributed by atoms with van der Waals surface area (Å²) in [5.41, 5.74) is 0.604.